The van der Waals surface area contributed by atoms with Crippen molar-refractivity contribution in [3.05, 3.63) is 266 Å². The Balaban J connectivity index is 0.877. The zero-order chi connectivity index (χ0) is 54.4. The predicted octanol–water partition coefficient (Wildman–Crippen LogP) is 22.2. The van der Waals surface area contributed by atoms with Gasteiger partial charge in [-0.2, -0.15) is 0 Å². The second-order valence-electron chi connectivity index (χ2n) is 23.6. The number of benzene rings is 15. The largest absolute Gasteiger partial charge is 0.248 e. The standard InChI is InChI=1S/C80H52N2/c1-80(2,3)57-34-39-64-69(44-57)77(56-33-41-71-68(43-56)66(48-16-8-5-9-17-48)46-73(82-71)59-36-29-54-27-25-50-19-13-21-52-31-38-63(59)79(54)75(50)52)61-23-11-10-22-60(61)76(64)55-32-40-70-67(42-55)65(47-14-6-4-7-15-47)45-72(81-70)58-35-28-53-26-24-49-18-12-20-51-30-37-62(58)78(53)74(49)51/h4-46H,1-3H3. The summed E-state index contributed by atoms with van der Waals surface area (Å²) >= 11 is 0. The summed E-state index contributed by atoms with van der Waals surface area (Å²) in [6.45, 7) is 6.96. The first-order valence-corrected chi connectivity index (χ1v) is 28.6. The van der Waals surface area contributed by atoms with Gasteiger partial charge >= 0.3 is 0 Å². The minimum atomic E-state index is -0.0851. The van der Waals surface area contributed by atoms with Gasteiger partial charge in [0.2, 0.25) is 0 Å². The van der Waals surface area contributed by atoms with Crippen molar-refractivity contribution in [2.75, 3.05) is 0 Å². The first-order valence-electron chi connectivity index (χ1n) is 28.6. The molecular weight excluding hydrogens is 989 g/mol. The van der Waals surface area contributed by atoms with E-state index in [1.807, 2.05) is 0 Å². The van der Waals surface area contributed by atoms with Gasteiger partial charge in [-0.1, -0.05) is 239 Å². The summed E-state index contributed by atoms with van der Waals surface area (Å²) < 4.78 is 0. The summed E-state index contributed by atoms with van der Waals surface area (Å²) in [6, 6.07) is 97.1. The molecule has 0 amide bonds. The molecule has 0 N–H and O–H groups in total. The number of hydrogen-bond donors (Lipinski definition) is 0. The Kier molecular flexibility index (Phi) is 10.0. The maximum atomic E-state index is 5.58. The molecule has 82 heavy (non-hydrogen) atoms. The van der Waals surface area contributed by atoms with Crippen molar-refractivity contribution < 1.29 is 0 Å². The SMILES string of the molecule is CC(C)(C)c1ccc2c(-c3ccc4nc(-c5ccc6ccc7cccc8ccc5c6c78)cc(-c5ccccc5)c4c3)c3ccccc3c(-c3ccc4nc(-c5ccc6ccc7cccc8ccc5c6c78)cc(-c5ccccc5)c4c3)c2c1. The van der Waals surface area contributed by atoms with Crippen LogP contribution >= 0.6 is 0 Å². The number of rotatable bonds is 6. The summed E-state index contributed by atoms with van der Waals surface area (Å²) in [5, 5.41) is 22.3. The van der Waals surface area contributed by atoms with Crippen LogP contribution in [0.15, 0.2) is 261 Å². The van der Waals surface area contributed by atoms with Gasteiger partial charge in [0, 0.05) is 21.9 Å². The number of hydrogen-bond acceptors (Lipinski definition) is 2. The van der Waals surface area contributed by atoms with Crippen LogP contribution in [-0.4, -0.2) is 9.97 Å². The molecule has 17 rings (SSSR count). The van der Waals surface area contributed by atoms with Crippen molar-refractivity contribution in [2.45, 2.75) is 26.2 Å². The van der Waals surface area contributed by atoms with Crippen molar-refractivity contribution in [2.24, 2.45) is 0 Å². The van der Waals surface area contributed by atoms with Crippen molar-refractivity contribution in [3.63, 3.8) is 0 Å². The van der Waals surface area contributed by atoms with Crippen LogP contribution in [0, 0.1) is 0 Å². The lowest BCUT2D eigenvalue weighted by atomic mass is 9.81. The highest BCUT2D eigenvalue weighted by molar-refractivity contribution is 6.28. The minimum absolute atomic E-state index is 0.0851. The van der Waals surface area contributed by atoms with Gasteiger partial charge < -0.3 is 0 Å². The van der Waals surface area contributed by atoms with Crippen LogP contribution in [0.5, 0.6) is 0 Å². The van der Waals surface area contributed by atoms with Gasteiger partial charge in [0.05, 0.1) is 22.4 Å². The van der Waals surface area contributed by atoms with Crippen LogP contribution in [0.2, 0.25) is 0 Å². The first-order chi connectivity index (χ1) is 40.3. The van der Waals surface area contributed by atoms with Crippen LogP contribution in [0.3, 0.4) is 0 Å². The molecule has 2 heteroatoms. The molecule has 0 saturated carbocycles. The summed E-state index contributed by atoms with van der Waals surface area (Å²) in [6.07, 6.45) is 0. The Morgan fingerprint density at radius 1 is 0.244 bits per heavy atom. The van der Waals surface area contributed by atoms with Crippen LogP contribution in [-0.2, 0) is 5.41 Å². The second kappa shape index (κ2) is 17.6. The van der Waals surface area contributed by atoms with Crippen LogP contribution in [0.4, 0.5) is 0 Å². The van der Waals surface area contributed by atoms with E-state index in [2.05, 4.69) is 282 Å². The smallest absolute Gasteiger partial charge is 0.0722 e. The van der Waals surface area contributed by atoms with Crippen molar-refractivity contribution in [1.29, 1.82) is 0 Å². The summed E-state index contributed by atoms with van der Waals surface area (Å²) in [5.41, 5.74) is 16.8. The number of nitrogens with zero attached hydrogens (tertiary/aromatic N) is 2. The summed E-state index contributed by atoms with van der Waals surface area (Å²) in [7, 11) is 0. The van der Waals surface area contributed by atoms with E-state index in [9.17, 15) is 0 Å². The van der Waals surface area contributed by atoms with E-state index < -0.39 is 0 Å². The highest BCUT2D eigenvalue weighted by atomic mass is 14.7. The van der Waals surface area contributed by atoms with Gasteiger partial charge in [0.1, 0.15) is 0 Å². The molecule has 2 heterocycles. The molecule has 0 atom stereocenters. The van der Waals surface area contributed by atoms with E-state index in [-0.39, 0.29) is 5.41 Å². The molecular formula is C80H52N2. The molecule has 0 saturated heterocycles. The quantitative estimate of drug-likeness (QED) is 0.123. The molecule has 0 spiro atoms. The molecule has 2 nitrogen and oxygen atoms in total. The molecule has 17 aromatic rings. The van der Waals surface area contributed by atoms with E-state index in [1.54, 1.807) is 0 Å². The molecule has 15 aromatic carbocycles. The molecule has 382 valence electrons. The average Bonchev–Trinajstić information content (AvgIpc) is 3.70. The van der Waals surface area contributed by atoms with Crippen LogP contribution in [0.1, 0.15) is 26.3 Å². The fraction of sp³-hybridized carbons (Fsp3) is 0.0500. The third-order valence-corrected chi connectivity index (χ3v) is 17.9. The van der Waals surface area contributed by atoms with Crippen molar-refractivity contribution >= 4 is 108 Å². The van der Waals surface area contributed by atoms with Gasteiger partial charge in [0.25, 0.3) is 0 Å². The number of aromatic nitrogens is 2. The van der Waals surface area contributed by atoms with Crippen LogP contribution < -0.4 is 0 Å². The van der Waals surface area contributed by atoms with Gasteiger partial charge in [-0.05, 0) is 184 Å². The number of pyridine rings is 2. The van der Waals surface area contributed by atoms with E-state index in [0.29, 0.717) is 0 Å². The molecule has 0 unspecified atom stereocenters. The lowest BCUT2D eigenvalue weighted by Crippen LogP contribution is -2.10. The van der Waals surface area contributed by atoms with E-state index in [4.69, 9.17) is 9.97 Å². The third-order valence-electron chi connectivity index (χ3n) is 17.9. The van der Waals surface area contributed by atoms with E-state index >= 15 is 0 Å². The van der Waals surface area contributed by atoms with Crippen LogP contribution in [0.25, 0.3) is 175 Å². The van der Waals surface area contributed by atoms with Gasteiger partial charge in [-0.3, -0.25) is 0 Å². The molecule has 2 aromatic heterocycles. The first kappa shape index (κ1) is 46.6. The lowest BCUT2D eigenvalue weighted by molar-refractivity contribution is 0.591. The van der Waals surface area contributed by atoms with Crippen molar-refractivity contribution in [3.8, 4) is 67.0 Å². The molecule has 0 fully saturated rings. The minimum Gasteiger partial charge on any atom is -0.248 e. The summed E-state index contributed by atoms with van der Waals surface area (Å²) in [5.74, 6) is 0. The Bertz CT molecular complexity index is 5440. The molecule has 0 radical (unpaired) electrons. The topological polar surface area (TPSA) is 25.8 Å². The molecule has 0 aliphatic rings. The van der Waals surface area contributed by atoms with Crippen molar-refractivity contribution in [1.82, 2.24) is 9.97 Å². The Hall–Kier alpha value is -10.3. The third kappa shape index (κ3) is 7.08. The lowest BCUT2D eigenvalue weighted by Gasteiger charge is -2.23. The Morgan fingerprint density at radius 3 is 1.10 bits per heavy atom. The van der Waals surface area contributed by atoms with Gasteiger partial charge in [-0.25, -0.2) is 9.97 Å². The Labute approximate surface area is 474 Å². The zero-order valence-electron chi connectivity index (χ0n) is 45.7. The number of fused-ring (bicyclic) bond motifs is 4. The zero-order valence-corrected chi connectivity index (χ0v) is 45.7. The second-order valence-corrected chi connectivity index (χ2v) is 23.6. The van der Waals surface area contributed by atoms with Gasteiger partial charge in [0.15, 0.2) is 0 Å². The predicted molar refractivity (Wildman–Crippen MR) is 351 cm³/mol. The highest BCUT2D eigenvalue weighted by Gasteiger charge is 2.24. The van der Waals surface area contributed by atoms with E-state index in [1.165, 1.54) is 103 Å². The molecule has 0 aliphatic carbocycles. The summed E-state index contributed by atoms with van der Waals surface area (Å²) in [4.78, 5) is 11.1. The normalized spacial score (nSPS) is 12.3. The van der Waals surface area contributed by atoms with Gasteiger partial charge in [-0.15, -0.1) is 0 Å². The fourth-order valence-corrected chi connectivity index (χ4v) is 13.9. The monoisotopic (exact) mass is 1040 g/mol. The fourth-order valence-electron chi connectivity index (χ4n) is 13.9. The average molecular weight is 1040 g/mol. The molecule has 0 bridgehead atoms. The molecule has 0 aliphatic heterocycles. The highest BCUT2D eigenvalue weighted by Crippen LogP contribution is 2.49. The maximum Gasteiger partial charge on any atom is 0.0722 e. The Morgan fingerprint density at radius 2 is 0.634 bits per heavy atom. The van der Waals surface area contributed by atoms with E-state index in [0.717, 1.165) is 77.7 Å². The maximum absolute atomic E-state index is 5.58.